The van der Waals surface area contributed by atoms with Crippen LogP contribution in [0.15, 0.2) is 54.9 Å². The van der Waals surface area contributed by atoms with Crippen LogP contribution >= 0.6 is 0 Å². The molecule has 4 amide bonds. The molecule has 61 heavy (non-hydrogen) atoms. The number of hydrazine groups is 1. The number of aromatic amines is 2. The van der Waals surface area contributed by atoms with Crippen LogP contribution < -0.4 is 10.7 Å². The Morgan fingerprint density at radius 2 is 1.39 bits per heavy atom. The number of imidazole rings is 2. The smallest absolute Gasteiger partial charge is 0.425 e. The molecule has 2 aliphatic rings. The number of carbonyl (C=O) groups excluding carboxylic acids is 4. The molecule has 2 fully saturated rings. The van der Waals surface area contributed by atoms with Gasteiger partial charge in [0.05, 0.1) is 49.6 Å². The molecule has 2 atom stereocenters. The van der Waals surface area contributed by atoms with E-state index in [-0.39, 0.29) is 29.5 Å². The van der Waals surface area contributed by atoms with Gasteiger partial charge in [0.15, 0.2) is 0 Å². The lowest BCUT2D eigenvalue weighted by Crippen LogP contribution is -2.51. The van der Waals surface area contributed by atoms with Gasteiger partial charge in [0.1, 0.15) is 17.7 Å². The number of nitrogens with zero attached hydrogens (tertiary/aromatic N) is 4. The van der Waals surface area contributed by atoms with E-state index in [1.165, 1.54) is 32.8 Å². The first-order chi connectivity index (χ1) is 29.1. The van der Waals surface area contributed by atoms with E-state index in [0.29, 0.717) is 53.6 Å². The third kappa shape index (κ3) is 12.4. The maximum absolute atomic E-state index is 14.4. The van der Waals surface area contributed by atoms with Crippen molar-refractivity contribution in [2.75, 3.05) is 20.8 Å². The van der Waals surface area contributed by atoms with Crippen molar-refractivity contribution >= 4 is 24.5 Å². The summed E-state index contributed by atoms with van der Waals surface area (Å²) >= 11 is 0. The molecule has 1 saturated carbocycles. The topological polar surface area (TPSA) is 175 Å². The summed E-state index contributed by atoms with van der Waals surface area (Å²) in [4.78, 5) is 63.6. The molecule has 14 nitrogen and oxygen atoms in total. The summed E-state index contributed by atoms with van der Waals surface area (Å²) in [6.07, 6.45) is 5.04. The Labute approximate surface area is 355 Å². The molecule has 4 N–H and O–H groups in total. The van der Waals surface area contributed by atoms with Gasteiger partial charge in [-0.15, -0.1) is 0 Å². The summed E-state index contributed by atoms with van der Waals surface area (Å²) < 4.78 is 52.2. The van der Waals surface area contributed by atoms with Gasteiger partial charge in [0.2, 0.25) is 12.3 Å². The number of nitrogens with one attached hydrogen (secondary N) is 4. The number of aromatic nitrogens is 4. The predicted octanol–water partition coefficient (Wildman–Crippen LogP) is 9.39. The standard InChI is InChI=1S/C36H41F3N6O3.C6H12N2O3.C2H6/c1-21(2)31(44-35(47)48-3)34(46)45-17-7-10-30(45)33-41-19-28(43-33)23-13-11-22(12-14-23)26-16-15-25(18-27(26)36(37,38)39)29-20-40-32(42-29)24-8-5-4-6-9-24;1-5(2)8(4-9)7-6(10)11-3;1-2/h11-16,18-21,24,30-31H,4-10,17H2,1-3H3,(H,40,42)(H,41,43)(H,44,47);4-5H,1-3H3,(H,7,10);1-2H3. The molecule has 17 heteroatoms. The molecule has 2 aromatic carbocycles. The fourth-order valence-electron chi connectivity index (χ4n) is 7.37. The normalized spacial score (nSPS) is 15.8. The molecule has 6 rings (SSSR count). The molecule has 1 aliphatic heterocycles. The number of methoxy groups -OCH3 is 2. The number of alkyl carbamates (subject to hydrolysis) is 1. The van der Waals surface area contributed by atoms with Crippen LogP contribution in [0.25, 0.3) is 33.6 Å². The molecule has 3 heterocycles. The van der Waals surface area contributed by atoms with Crippen molar-refractivity contribution in [3.05, 3.63) is 72.1 Å². The van der Waals surface area contributed by atoms with Gasteiger partial charge in [0, 0.05) is 24.1 Å². The minimum absolute atomic E-state index is 0.0772. The SMILES string of the molecule is CC.COC(=O)NC(C(=O)N1CCCC1c1ncc(-c2ccc(-c3ccc(-c4cnc(C5CCCCC5)[nH]4)cc3C(F)(F)F)cc2)[nH]1)C(C)C.COC(=O)NN(C=O)C(C)C. The molecule has 2 unspecified atom stereocenters. The van der Waals surface area contributed by atoms with Crippen molar-refractivity contribution in [3.63, 3.8) is 0 Å². The number of rotatable bonds is 11. The number of carbonyl (C=O) groups is 4. The molecule has 2 aromatic heterocycles. The fraction of sp³-hybridized carbons (Fsp3) is 0.500. The number of hydrogen-bond acceptors (Lipinski definition) is 8. The molecule has 0 bridgehead atoms. The molecule has 1 saturated heterocycles. The average Bonchev–Trinajstić information content (AvgIpc) is 4.07. The first-order valence-corrected chi connectivity index (χ1v) is 20.8. The molecular formula is C44H59F3N8O6. The molecule has 4 aromatic rings. The van der Waals surface area contributed by atoms with Gasteiger partial charge in [-0.05, 0) is 68.2 Å². The van der Waals surface area contributed by atoms with Gasteiger partial charge in [-0.25, -0.2) is 25.0 Å². The zero-order chi connectivity index (χ0) is 44.9. The van der Waals surface area contributed by atoms with Crippen molar-refractivity contribution in [2.45, 2.75) is 117 Å². The first-order valence-electron chi connectivity index (χ1n) is 20.8. The number of alkyl halides is 3. The summed E-state index contributed by atoms with van der Waals surface area (Å²) in [6, 6.07) is 10.2. The molecule has 1 aliphatic carbocycles. The fourth-order valence-corrected chi connectivity index (χ4v) is 7.37. The Balaban J connectivity index is 0.000000550. The number of H-pyrrole nitrogens is 2. The van der Waals surface area contributed by atoms with Gasteiger partial charge >= 0.3 is 18.4 Å². The highest BCUT2D eigenvalue weighted by atomic mass is 19.4. The number of ether oxygens (including phenoxy) is 2. The van der Waals surface area contributed by atoms with E-state index in [0.717, 1.165) is 48.5 Å². The van der Waals surface area contributed by atoms with E-state index in [9.17, 15) is 32.3 Å². The number of benzene rings is 2. The molecule has 0 radical (unpaired) electrons. The number of likely N-dealkylation sites (tertiary alicyclic amines) is 1. The molecule has 332 valence electrons. The zero-order valence-corrected chi connectivity index (χ0v) is 36.2. The van der Waals surface area contributed by atoms with Crippen LogP contribution in [0.3, 0.4) is 0 Å². The van der Waals surface area contributed by atoms with Crippen molar-refractivity contribution in [2.24, 2.45) is 5.92 Å². The summed E-state index contributed by atoms with van der Waals surface area (Å²) in [6.45, 7) is 11.8. The minimum Gasteiger partial charge on any atom is -0.453 e. The monoisotopic (exact) mass is 852 g/mol. The van der Waals surface area contributed by atoms with E-state index < -0.39 is 30.0 Å². The minimum atomic E-state index is -4.56. The highest BCUT2D eigenvalue weighted by molar-refractivity contribution is 5.86. The van der Waals surface area contributed by atoms with E-state index in [1.807, 2.05) is 27.7 Å². The quantitative estimate of drug-likeness (QED) is 0.0853. The second-order valence-corrected chi connectivity index (χ2v) is 15.3. The second-order valence-electron chi connectivity index (χ2n) is 15.3. The lowest BCUT2D eigenvalue weighted by Gasteiger charge is -2.30. The van der Waals surface area contributed by atoms with Crippen LogP contribution in [0.2, 0.25) is 0 Å². The van der Waals surface area contributed by atoms with Crippen molar-refractivity contribution in [1.29, 1.82) is 0 Å². The summed E-state index contributed by atoms with van der Waals surface area (Å²) in [5, 5.41) is 3.76. The Hall–Kier alpha value is -5.87. The van der Waals surface area contributed by atoms with Gasteiger partial charge in [-0.1, -0.05) is 83.4 Å². The van der Waals surface area contributed by atoms with Crippen LogP contribution in [-0.4, -0.2) is 87.2 Å². The Morgan fingerprint density at radius 3 is 1.97 bits per heavy atom. The van der Waals surface area contributed by atoms with Gasteiger partial charge in [0.25, 0.3) is 0 Å². The summed E-state index contributed by atoms with van der Waals surface area (Å²) in [5.41, 5.74) is 4.51. The highest BCUT2D eigenvalue weighted by Crippen LogP contribution is 2.41. The molecule has 0 spiro atoms. The maximum Gasteiger partial charge on any atom is 0.425 e. The van der Waals surface area contributed by atoms with E-state index in [2.05, 4.69) is 35.4 Å². The van der Waals surface area contributed by atoms with Crippen LogP contribution in [0.5, 0.6) is 0 Å². The number of amides is 4. The molecular weight excluding hydrogens is 794 g/mol. The van der Waals surface area contributed by atoms with E-state index >= 15 is 0 Å². The lowest BCUT2D eigenvalue weighted by atomic mass is 9.89. The van der Waals surface area contributed by atoms with Crippen molar-refractivity contribution < 1.29 is 41.8 Å². The third-order valence-electron chi connectivity index (χ3n) is 10.6. The van der Waals surface area contributed by atoms with Crippen LogP contribution in [-0.2, 0) is 25.2 Å². The van der Waals surface area contributed by atoms with Gasteiger partial charge in [-0.2, -0.15) is 13.2 Å². The van der Waals surface area contributed by atoms with Crippen molar-refractivity contribution in [1.82, 2.24) is 40.6 Å². The number of hydrogen-bond donors (Lipinski definition) is 4. The van der Waals surface area contributed by atoms with Crippen LogP contribution in [0.1, 0.15) is 116 Å². The summed E-state index contributed by atoms with van der Waals surface area (Å²) in [7, 11) is 2.49. The van der Waals surface area contributed by atoms with Crippen LogP contribution in [0.4, 0.5) is 22.8 Å². The largest absolute Gasteiger partial charge is 0.453 e. The third-order valence-corrected chi connectivity index (χ3v) is 10.6. The Morgan fingerprint density at radius 1 is 0.820 bits per heavy atom. The average molecular weight is 853 g/mol. The zero-order valence-electron chi connectivity index (χ0n) is 36.2. The lowest BCUT2D eigenvalue weighted by molar-refractivity contribution is -0.137. The Bertz CT molecular complexity index is 2040. The second kappa shape index (κ2) is 22.1. The van der Waals surface area contributed by atoms with Crippen LogP contribution in [0, 0.1) is 5.92 Å². The number of halogens is 3. The predicted molar refractivity (Wildman–Crippen MR) is 226 cm³/mol. The van der Waals surface area contributed by atoms with E-state index in [4.69, 9.17) is 4.74 Å². The maximum atomic E-state index is 14.4. The van der Waals surface area contributed by atoms with Gasteiger partial charge < -0.3 is 29.7 Å². The van der Waals surface area contributed by atoms with Gasteiger partial charge in [-0.3, -0.25) is 14.6 Å². The summed E-state index contributed by atoms with van der Waals surface area (Å²) in [5.74, 6) is 1.43. The van der Waals surface area contributed by atoms with Crippen molar-refractivity contribution in [3.8, 4) is 33.6 Å². The highest BCUT2D eigenvalue weighted by Gasteiger charge is 2.38. The van der Waals surface area contributed by atoms with E-state index in [1.54, 1.807) is 61.5 Å². The first kappa shape index (κ1) is 47.8. The Kier molecular flexibility index (Phi) is 17.3.